The third-order valence-electron chi connectivity index (χ3n) is 6.88. The van der Waals surface area contributed by atoms with Gasteiger partial charge in [0.25, 0.3) is 11.6 Å². The van der Waals surface area contributed by atoms with Gasteiger partial charge in [0.1, 0.15) is 5.56 Å². The number of amides is 1. The van der Waals surface area contributed by atoms with Crippen LogP contribution in [0.4, 0.5) is 5.69 Å². The van der Waals surface area contributed by atoms with E-state index in [1.165, 1.54) is 34.4 Å². The minimum absolute atomic E-state index is 0.0124. The van der Waals surface area contributed by atoms with Crippen LogP contribution in [0, 0.1) is 16.0 Å². The van der Waals surface area contributed by atoms with Gasteiger partial charge in [-0.1, -0.05) is 48.5 Å². The van der Waals surface area contributed by atoms with Crippen molar-refractivity contribution in [1.82, 2.24) is 5.32 Å². The third kappa shape index (κ3) is 2.77. The van der Waals surface area contributed by atoms with Crippen LogP contribution in [0.15, 0.2) is 60.7 Å². The van der Waals surface area contributed by atoms with E-state index in [4.69, 9.17) is 9.47 Å². The summed E-state index contributed by atoms with van der Waals surface area (Å²) in [5.41, 5.74) is 5.07. The molecule has 0 radical (unpaired) electrons. The number of fused-ring (bicyclic) bond motifs is 2. The number of carbonyl (C=O) groups excluding carboxylic acids is 1. The van der Waals surface area contributed by atoms with Crippen molar-refractivity contribution in [3.8, 4) is 11.5 Å². The fourth-order valence-electron chi connectivity index (χ4n) is 5.54. The van der Waals surface area contributed by atoms with Crippen molar-refractivity contribution in [1.29, 1.82) is 0 Å². The summed E-state index contributed by atoms with van der Waals surface area (Å²) >= 11 is 0. The molecule has 32 heavy (non-hydrogen) atoms. The molecule has 1 atom stereocenters. The summed E-state index contributed by atoms with van der Waals surface area (Å²) in [5, 5.41) is 14.5. The molecule has 3 aromatic carbocycles. The van der Waals surface area contributed by atoms with Gasteiger partial charge >= 0.3 is 0 Å². The Morgan fingerprint density at radius 1 is 0.969 bits per heavy atom. The van der Waals surface area contributed by atoms with E-state index < -0.39 is 10.8 Å². The van der Waals surface area contributed by atoms with Gasteiger partial charge in [0.05, 0.1) is 11.0 Å². The average Bonchev–Trinajstić information content (AvgIpc) is 3.29. The van der Waals surface area contributed by atoms with Crippen molar-refractivity contribution >= 4 is 11.6 Å². The summed E-state index contributed by atoms with van der Waals surface area (Å²) in [6.07, 6.45) is 0.933. The Morgan fingerprint density at radius 2 is 1.56 bits per heavy atom. The maximum Gasteiger partial charge on any atom is 0.286 e. The van der Waals surface area contributed by atoms with Crippen LogP contribution in [0.2, 0.25) is 0 Å². The van der Waals surface area contributed by atoms with Crippen molar-refractivity contribution in [2.45, 2.75) is 18.3 Å². The molecule has 160 valence electrons. The van der Waals surface area contributed by atoms with Crippen molar-refractivity contribution < 1.29 is 19.2 Å². The molecule has 1 heterocycles. The molecule has 3 aromatic rings. The maximum atomic E-state index is 13.0. The third-order valence-corrected chi connectivity index (χ3v) is 6.88. The number of rotatable bonds is 4. The molecule has 0 spiro atoms. The van der Waals surface area contributed by atoms with Gasteiger partial charge in [0.15, 0.2) is 11.5 Å². The molecule has 0 saturated heterocycles. The Bertz CT molecular complexity index is 1220. The van der Waals surface area contributed by atoms with E-state index in [1.54, 1.807) is 0 Å². The number of ether oxygens (including phenoxy) is 2. The summed E-state index contributed by atoms with van der Waals surface area (Å²) in [4.78, 5) is 24.0. The van der Waals surface area contributed by atoms with E-state index in [0.29, 0.717) is 18.2 Å². The van der Waals surface area contributed by atoms with E-state index in [0.717, 1.165) is 6.42 Å². The first kappa shape index (κ1) is 18.9. The maximum absolute atomic E-state index is 13.0. The van der Waals surface area contributed by atoms with E-state index in [1.807, 2.05) is 0 Å². The normalized spacial score (nSPS) is 21.6. The van der Waals surface area contributed by atoms with Gasteiger partial charge in [-0.15, -0.1) is 0 Å². The number of nitro groups is 1. The predicted molar refractivity (Wildman–Crippen MR) is 116 cm³/mol. The number of nitrogens with zero attached hydrogens (tertiary/aromatic N) is 1. The molecule has 4 aliphatic rings. The number of nitro benzene ring substituents is 1. The van der Waals surface area contributed by atoms with Crippen molar-refractivity contribution in [2.24, 2.45) is 5.92 Å². The molecule has 7 heteroatoms. The molecule has 0 fully saturated rings. The number of carbonyl (C=O) groups is 1. The van der Waals surface area contributed by atoms with Gasteiger partial charge in [-0.2, -0.15) is 0 Å². The van der Waals surface area contributed by atoms with Crippen LogP contribution in [0.25, 0.3) is 0 Å². The molecule has 1 N–H and O–H groups in total. The lowest BCUT2D eigenvalue weighted by molar-refractivity contribution is -0.385. The van der Waals surface area contributed by atoms with Crippen LogP contribution in [0.1, 0.15) is 50.9 Å². The molecule has 1 aliphatic heterocycles. The van der Waals surface area contributed by atoms with Crippen molar-refractivity contribution in [3.05, 3.63) is 98.6 Å². The van der Waals surface area contributed by atoms with Crippen LogP contribution in [0.5, 0.6) is 11.5 Å². The fraction of sp³-hybridized carbons (Fsp3) is 0.240. The number of benzene rings is 3. The Kier molecular flexibility index (Phi) is 4.18. The van der Waals surface area contributed by atoms with E-state index in [-0.39, 0.29) is 35.6 Å². The Balaban J connectivity index is 1.29. The van der Waals surface area contributed by atoms with Gasteiger partial charge in [-0.25, -0.2) is 0 Å². The summed E-state index contributed by atoms with van der Waals surface area (Å²) < 4.78 is 10.5. The van der Waals surface area contributed by atoms with Gasteiger partial charge in [-0.05, 0) is 34.6 Å². The second kappa shape index (κ2) is 7.09. The molecule has 3 aliphatic carbocycles. The average molecular weight is 428 g/mol. The van der Waals surface area contributed by atoms with Crippen molar-refractivity contribution in [3.63, 3.8) is 0 Å². The summed E-state index contributed by atoms with van der Waals surface area (Å²) in [6.45, 7) is 0.426. The van der Waals surface area contributed by atoms with Crippen LogP contribution < -0.4 is 14.8 Å². The number of hydrogen-bond donors (Lipinski definition) is 1. The zero-order chi connectivity index (χ0) is 21.8. The zero-order valence-electron chi connectivity index (χ0n) is 17.1. The Labute approximate surface area is 184 Å². The van der Waals surface area contributed by atoms with Crippen LogP contribution >= 0.6 is 0 Å². The number of hydrogen-bond acceptors (Lipinski definition) is 5. The first-order valence-corrected chi connectivity index (χ1v) is 10.7. The topological polar surface area (TPSA) is 90.7 Å². The largest absolute Gasteiger partial charge is 0.454 e. The molecule has 7 nitrogen and oxygen atoms in total. The van der Waals surface area contributed by atoms with Crippen LogP contribution in [-0.4, -0.2) is 24.2 Å². The molecular formula is C25H20N2O5. The highest BCUT2D eigenvalue weighted by Gasteiger charge is 2.43. The lowest BCUT2D eigenvalue weighted by atomic mass is 9.59. The van der Waals surface area contributed by atoms with Crippen LogP contribution in [0.3, 0.4) is 0 Å². The molecule has 0 aromatic heterocycles. The second-order valence-electron chi connectivity index (χ2n) is 8.47. The zero-order valence-corrected chi connectivity index (χ0v) is 17.1. The minimum Gasteiger partial charge on any atom is -0.454 e. The quantitative estimate of drug-likeness (QED) is 0.493. The highest BCUT2D eigenvalue weighted by Crippen LogP contribution is 2.55. The lowest BCUT2D eigenvalue weighted by Crippen LogP contribution is -2.39. The fourth-order valence-corrected chi connectivity index (χ4v) is 5.54. The highest BCUT2D eigenvalue weighted by atomic mass is 16.7. The predicted octanol–water partition coefficient (Wildman–Crippen LogP) is 4.35. The summed E-state index contributed by atoms with van der Waals surface area (Å²) in [5.74, 6) is 0.861. The minimum atomic E-state index is -0.564. The van der Waals surface area contributed by atoms with E-state index in [2.05, 4.69) is 53.8 Å². The molecule has 1 amide bonds. The van der Waals surface area contributed by atoms with Gasteiger partial charge < -0.3 is 14.8 Å². The van der Waals surface area contributed by atoms with Gasteiger partial charge in [0.2, 0.25) is 6.79 Å². The lowest BCUT2D eigenvalue weighted by Gasteiger charge is -2.45. The Hall–Kier alpha value is -3.87. The Morgan fingerprint density at radius 3 is 2.19 bits per heavy atom. The summed E-state index contributed by atoms with van der Waals surface area (Å²) in [6, 6.07) is 19.7. The molecular weight excluding hydrogens is 408 g/mol. The van der Waals surface area contributed by atoms with Gasteiger partial charge in [0, 0.05) is 24.4 Å². The number of nitrogens with one attached hydrogen (secondary N) is 1. The molecule has 1 unspecified atom stereocenters. The smallest absolute Gasteiger partial charge is 0.286 e. The molecule has 7 rings (SSSR count). The highest BCUT2D eigenvalue weighted by molar-refractivity contribution is 5.99. The first-order valence-electron chi connectivity index (χ1n) is 10.7. The monoisotopic (exact) mass is 428 g/mol. The first-order chi connectivity index (χ1) is 15.6. The SMILES string of the molecule is O=C(NCC1CC2c3ccccc3C1c1ccccc12)c1cc2c(cc1[N+](=O)[O-])OCO2. The van der Waals surface area contributed by atoms with Gasteiger partial charge in [-0.3, -0.25) is 14.9 Å². The van der Waals surface area contributed by atoms with Crippen LogP contribution in [-0.2, 0) is 0 Å². The second-order valence-corrected chi connectivity index (χ2v) is 8.47. The standard InChI is InChI=1S/C25H20N2O5/c28-25(20-10-22-23(32-13-31-22)11-21(20)27(29)30)26-12-14-9-19-15-5-1-3-7-17(15)24(14)18-8-4-2-6-16(18)19/h1-8,10-11,14,19,24H,9,12-13H2,(H,26,28). The van der Waals surface area contributed by atoms with E-state index >= 15 is 0 Å². The van der Waals surface area contributed by atoms with E-state index in [9.17, 15) is 14.9 Å². The molecule has 2 bridgehead atoms. The summed E-state index contributed by atoms with van der Waals surface area (Å²) in [7, 11) is 0. The van der Waals surface area contributed by atoms with Crippen molar-refractivity contribution in [2.75, 3.05) is 13.3 Å². The molecule has 0 saturated carbocycles.